The number of aryl methyl sites for hydroxylation is 1. The van der Waals surface area contributed by atoms with Gasteiger partial charge in [-0.05, 0) is 36.2 Å². The van der Waals surface area contributed by atoms with Gasteiger partial charge in [0, 0.05) is 39.3 Å². The summed E-state index contributed by atoms with van der Waals surface area (Å²) in [6.07, 6.45) is 1.64. The van der Waals surface area contributed by atoms with Gasteiger partial charge in [-0.15, -0.1) is 0 Å². The van der Waals surface area contributed by atoms with Gasteiger partial charge in [-0.2, -0.15) is 0 Å². The van der Waals surface area contributed by atoms with Crippen LogP contribution in [0.1, 0.15) is 44.9 Å². The Balaban J connectivity index is 1.50. The number of rotatable bonds is 7. The first-order valence-corrected chi connectivity index (χ1v) is 13.5. The number of ether oxygens (including phenoxy) is 4. The van der Waals surface area contributed by atoms with Crippen LogP contribution < -0.4 is 0 Å². The van der Waals surface area contributed by atoms with Gasteiger partial charge < -0.3 is 24.1 Å². The van der Waals surface area contributed by atoms with Crippen LogP contribution in [0.15, 0.2) is 30.3 Å². The van der Waals surface area contributed by atoms with Gasteiger partial charge in [-0.3, -0.25) is 14.6 Å². The predicted octanol–water partition coefficient (Wildman–Crippen LogP) is 1.93. The zero-order valence-electron chi connectivity index (χ0n) is 22.8. The number of aldehydes is 1. The number of hydrogen-bond donors (Lipinski definition) is 1. The Morgan fingerprint density at radius 3 is 1.85 bits per heavy atom. The van der Waals surface area contributed by atoms with E-state index < -0.39 is 5.97 Å². The van der Waals surface area contributed by atoms with Gasteiger partial charge in [0.2, 0.25) is 0 Å². The normalized spacial score (nSPS) is 18.2. The van der Waals surface area contributed by atoms with E-state index in [9.17, 15) is 14.7 Å². The van der Waals surface area contributed by atoms with Crippen molar-refractivity contribution in [1.29, 1.82) is 0 Å². The maximum absolute atomic E-state index is 11.3. The first-order chi connectivity index (χ1) is 19.1. The molecule has 2 aromatic heterocycles. The molecule has 0 saturated carbocycles. The SMILES string of the molecule is CCc1cc(C=O)nc(CN2CCOCCOCCN(Cc3cccc(C(=O)O)n3)CCOCCOCC2)c1. The van der Waals surface area contributed by atoms with Gasteiger partial charge in [0.05, 0.1) is 64.2 Å². The highest BCUT2D eigenvalue weighted by Gasteiger charge is 2.12. The van der Waals surface area contributed by atoms with E-state index in [2.05, 4.69) is 26.7 Å². The third-order valence-electron chi connectivity index (χ3n) is 6.24. The number of carbonyl (C=O) groups excluding carboxylic acids is 1. The summed E-state index contributed by atoms with van der Waals surface area (Å²) < 4.78 is 23.2. The lowest BCUT2D eigenvalue weighted by molar-refractivity contribution is 0.00598. The molecule has 3 heterocycles. The van der Waals surface area contributed by atoms with Crippen LogP contribution in [0.2, 0.25) is 0 Å². The average molecular weight is 545 g/mol. The van der Waals surface area contributed by atoms with Crippen LogP contribution >= 0.6 is 0 Å². The second-order valence-corrected chi connectivity index (χ2v) is 9.18. The average Bonchev–Trinajstić information content (AvgIpc) is 2.94. The lowest BCUT2D eigenvalue weighted by Gasteiger charge is -2.23. The van der Waals surface area contributed by atoms with E-state index in [1.807, 2.05) is 18.2 Å². The number of aromatic nitrogens is 2. The Kier molecular flexibility index (Phi) is 14.0. The lowest BCUT2D eigenvalue weighted by Crippen LogP contribution is -2.33. The molecule has 3 rings (SSSR count). The summed E-state index contributed by atoms with van der Waals surface area (Å²) in [5.41, 5.74) is 3.13. The van der Waals surface area contributed by atoms with E-state index in [1.54, 1.807) is 6.07 Å². The van der Waals surface area contributed by atoms with Crippen LogP contribution in [-0.4, -0.2) is 116 Å². The molecule has 0 unspecified atom stereocenters. The number of aromatic carboxylic acids is 1. The van der Waals surface area contributed by atoms with E-state index in [1.165, 1.54) is 6.07 Å². The van der Waals surface area contributed by atoms with Crippen LogP contribution in [0.25, 0.3) is 0 Å². The van der Waals surface area contributed by atoms with Crippen molar-refractivity contribution in [2.75, 3.05) is 79.0 Å². The minimum atomic E-state index is -1.04. The third-order valence-corrected chi connectivity index (χ3v) is 6.24. The van der Waals surface area contributed by atoms with Crippen molar-refractivity contribution < 1.29 is 33.6 Å². The molecular formula is C28H40N4O7. The molecule has 39 heavy (non-hydrogen) atoms. The molecule has 11 nitrogen and oxygen atoms in total. The molecule has 1 fully saturated rings. The molecule has 0 aliphatic carbocycles. The molecule has 1 aliphatic heterocycles. The van der Waals surface area contributed by atoms with Crippen molar-refractivity contribution in [1.82, 2.24) is 19.8 Å². The van der Waals surface area contributed by atoms with Gasteiger partial charge >= 0.3 is 5.97 Å². The van der Waals surface area contributed by atoms with E-state index >= 15 is 0 Å². The lowest BCUT2D eigenvalue weighted by atomic mass is 10.1. The molecule has 2 aromatic rings. The molecule has 0 amide bonds. The number of nitrogens with zero attached hydrogens (tertiary/aromatic N) is 4. The largest absolute Gasteiger partial charge is 0.477 e. The third kappa shape index (κ3) is 11.9. The van der Waals surface area contributed by atoms with Gasteiger partial charge in [-0.1, -0.05) is 13.0 Å². The minimum Gasteiger partial charge on any atom is -0.477 e. The Labute approximate surface area is 230 Å². The monoisotopic (exact) mass is 544 g/mol. The summed E-state index contributed by atoms with van der Waals surface area (Å²) in [4.78, 5) is 35.6. The highest BCUT2D eigenvalue weighted by atomic mass is 16.5. The summed E-state index contributed by atoms with van der Waals surface area (Å²) in [6.45, 7) is 9.88. The minimum absolute atomic E-state index is 0.0331. The fourth-order valence-corrected chi connectivity index (χ4v) is 4.12. The predicted molar refractivity (Wildman–Crippen MR) is 144 cm³/mol. The Morgan fingerprint density at radius 2 is 1.36 bits per heavy atom. The zero-order chi connectivity index (χ0) is 27.7. The summed E-state index contributed by atoms with van der Waals surface area (Å²) >= 11 is 0. The summed E-state index contributed by atoms with van der Waals surface area (Å²) in [7, 11) is 0. The second kappa shape index (κ2) is 17.7. The molecule has 1 aliphatic rings. The number of pyridine rings is 2. The van der Waals surface area contributed by atoms with Crippen LogP contribution in [0.5, 0.6) is 0 Å². The van der Waals surface area contributed by atoms with Crippen molar-refractivity contribution in [3.63, 3.8) is 0 Å². The van der Waals surface area contributed by atoms with Gasteiger partial charge in [0.1, 0.15) is 11.4 Å². The van der Waals surface area contributed by atoms with Crippen molar-refractivity contribution in [2.45, 2.75) is 26.4 Å². The number of carboxylic acids is 1. The van der Waals surface area contributed by atoms with Gasteiger partial charge in [0.15, 0.2) is 6.29 Å². The van der Waals surface area contributed by atoms with Crippen LogP contribution in [0.4, 0.5) is 0 Å². The van der Waals surface area contributed by atoms with E-state index in [4.69, 9.17) is 18.9 Å². The Bertz CT molecular complexity index is 1000. The number of hydrogen-bond acceptors (Lipinski definition) is 10. The maximum Gasteiger partial charge on any atom is 0.354 e. The molecule has 11 heteroatoms. The van der Waals surface area contributed by atoms with E-state index in [0.717, 1.165) is 24.0 Å². The van der Waals surface area contributed by atoms with Crippen molar-refractivity contribution >= 4 is 12.3 Å². The first-order valence-electron chi connectivity index (χ1n) is 13.5. The standard InChI is InChI=1S/C28H40N4O7/c1-2-23-18-25(29-26(19-23)22-33)21-32-8-12-38-16-14-36-10-6-31(7-11-37-15-17-39-13-9-32)20-24-4-3-5-27(30-24)28(34)35/h3-5,18-19,22H,2,6-17,20-21H2,1H3,(H,34,35). The molecule has 1 N–H and O–H groups in total. The highest BCUT2D eigenvalue weighted by Crippen LogP contribution is 2.09. The van der Waals surface area contributed by atoms with Crippen LogP contribution in [0, 0.1) is 0 Å². The molecule has 0 atom stereocenters. The molecule has 1 saturated heterocycles. The fraction of sp³-hybridized carbons (Fsp3) is 0.571. The molecule has 0 aromatic carbocycles. The van der Waals surface area contributed by atoms with Crippen molar-refractivity contribution in [3.8, 4) is 0 Å². The summed E-state index contributed by atoms with van der Waals surface area (Å²) in [5, 5.41) is 9.22. The fourth-order valence-electron chi connectivity index (χ4n) is 4.12. The smallest absolute Gasteiger partial charge is 0.354 e. The Hall–Kier alpha value is -2.80. The second-order valence-electron chi connectivity index (χ2n) is 9.18. The van der Waals surface area contributed by atoms with Crippen LogP contribution in [-0.2, 0) is 38.5 Å². The number of carbonyl (C=O) groups is 2. The molecule has 0 spiro atoms. The summed E-state index contributed by atoms with van der Waals surface area (Å²) in [6, 6.07) is 8.89. The van der Waals surface area contributed by atoms with Gasteiger partial charge in [0.25, 0.3) is 0 Å². The molecule has 0 bridgehead atoms. The van der Waals surface area contributed by atoms with Crippen LogP contribution in [0.3, 0.4) is 0 Å². The van der Waals surface area contributed by atoms with E-state index in [0.29, 0.717) is 104 Å². The molecular weight excluding hydrogens is 504 g/mol. The molecule has 0 radical (unpaired) electrons. The Morgan fingerprint density at radius 1 is 0.821 bits per heavy atom. The molecule has 214 valence electrons. The van der Waals surface area contributed by atoms with Crippen molar-refractivity contribution in [3.05, 3.63) is 58.7 Å². The quantitative estimate of drug-likeness (QED) is 0.514. The number of carboxylic acid groups (broad SMARTS) is 1. The highest BCUT2D eigenvalue weighted by molar-refractivity contribution is 5.85. The first kappa shape index (κ1) is 30.7. The summed E-state index contributed by atoms with van der Waals surface area (Å²) in [5.74, 6) is -1.04. The topological polar surface area (TPSA) is 124 Å². The van der Waals surface area contributed by atoms with Gasteiger partial charge in [-0.25, -0.2) is 14.8 Å². The zero-order valence-corrected chi connectivity index (χ0v) is 22.8. The maximum atomic E-state index is 11.3. The van der Waals surface area contributed by atoms with Crippen molar-refractivity contribution in [2.24, 2.45) is 0 Å². The van der Waals surface area contributed by atoms with E-state index in [-0.39, 0.29) is 5.69 Å².